The topological polar surface area (TPSA) is 61.0 Å². The highest BCUT2D eigenvalue weighted by molar-refractivity contribution is 5.45. The summed E-state index contributed by atoms with van der Waals surface area (Å²) in [5.41, 5.74) is 6.79. The lowest BCUT2D eigenvalue weighted by Gasteiger charge is -2.18. The summed E-state index contributed by atoms with van der Waals surface area (Å²) in [5, 5.41) is 0. The third-order valence-electron chi connectivity index (χ3n) is 3.21. The summed E-state index contributed by atoms with van der Waals surface area (Å²) >= 11 is 0. The number of rotatable bonds is 5. The summed E-state index contributed by atoms with van der Waals surface area (Å²) in [5.74, 6) is 3.18. The van der Waals surface area contributed by atoms with Gasteiger partial charge in [0, 0.05) is 5.92 Å². The van der Waals surface area contributed by atoms with E-state index in [1.165, 1.54) is 12.8 Å². The average molecular weight is 249 g/mol. The third kappa shape index (κ3) is 3.12. The summed E-state index contributed by atoms with van der Waals surface area (Å²) in [7, 11) is 0. The molecule has 0 aliphatic heterocycles. The van der Waals surface area contributed by atoms with Gasteiger partial charge in [-0.1, -0.05) is 13.8 Å². The summed E-state index contributed by atoms with van der Waals surface area (Å²) in [4.78, 5) is 8.88. The second-order valence-electron chi connectivity index (χ2n) is 5.73. The third-order valence-corrected chi connectivity index (χ3v) is 3.21. The quantitative estimate of drug-likeness (QED) is 0.871. The van der Waals surface area contributed by atoms with Crippen molar-refractivity contribution in [3.8, 4) is 5.88 Å². The molecule has 4 heteroatoms. The van der Waals surface area contributed by atoms with Gasteiger partial charge in [0.25, 0.3) is 0 Å². The Morgan fingerprint density at radius 2 is 1.94 bits per heavy atom. The Morgan fingerprint density at radius 1 is 1.28 bits per heavy atom. The molecule has 1 heterocycles. The van der Waals surface area contributed by atoms with Crippen molar-refractivity contribution in [3.63, 3.8) is 0 Å². The molecule has 4 nitrogen and oxygen atoms in total. The van der Waals surface area contributed by atoms with Crippen molar-refractivity contribution in [1.29, 1.82) is 0 Å². The Morgan fingerprint density at radius 3 is 2.50 bits per heavy atom. The second kappa shape index (κ2) is 5.12. The monoisotopic (exact) mass is 249 g/mol. The van der Waals surface area contributed by atoms with Crippen LogP contribution in [0.5, 0.6) is 5.88 Å². The van der Waals surface area contributed by atoms with E-state index in [9.17, 15) is 0 Å². The van der Waals surface area contributed by atoms with Gasteiger partial charge in [-0.3, -0.25) is 0 Å². The lowest BCUT2D eigenvalue weighted by Crippen LogP contribution is -2.17. The van der Waals surface area contributed by atoms with E-state index in [0.29, 0.717) is 23.5 Å². The Bertz CT molecular complexity index is 427. The first-order valence-corrected chi connectivity index (χ1v) is 6.78. The van der Waals surface area contributed by atoms with E-state index in [2.05, 4.69) is 30.7 Å². The molecule has 1 saturated carbocycles. The van der Waals surface area contributed by atoms with Gasteiger partial charge in [0.15, 0.2) is 0 Å². The number of nitrogens with two attached hydrogens (primary N) is 1. The van der Waals surface area contributed by atoms with E-state index in [0.717, 1.165) is 17.8 Å². The van der Waals surface area contributed by atoms with Gasteiger partial charge in [0.05, 0.1) is 11.7 Å². The fourth-order valence-corrected chi connectivity index (χ4v) is 2.07. The number of hydrogen-bond acceptors (Lipinski definition) is 4. The molecule has 0 spiro atoms. The van der Waals surface area contributed by atoms with Crippen LogP contribution in [-0.4, -0.2) is 16.1 Å². The van der Waals surface area contributed by atoms with Crippen LogP contribution in [0.3, 0.4) is 0 Å². The predicted octanol–water partition coefficient (Wildman–Crippen LogP) is 3.06. The second-order valence-corrected chi connectivity index (χ2v) is 5.73. The molecule has 1 unspecified atom stereocenters. The van der Waals surface area contributed by atoms with Gasteiger partial charge in [-0.05, 0) is 39.0 Å². The molecule has 0 aromatic carbocycles. The summed E-state index contributed by atoms with van der Waals surface area (Å²) < 4.78 is 5.92. The molecular formula is C14H23N3O. The smallest absolute Gasteiger partial charge is 0.222 e. The molecule has 2 N–H and O–H groups in total. The zero-order valence-electron chi connectivity index (χ0n) is 11.7. The Hall–Kier alpha value is -1.32. The Kier molecular flexibility index (Phi) is 3.73. The lowest BCUT2D eigenvalue weighted by atomic mass is 10.1. The first-order chi connectivity index (χ1) is 8.47. The largest absolute Gasteiger partial charge is 0.474 e. The zero-order valence-corrected chi connectivity index (χ0v) is 11.7. The maximum absolute atomic E-state index is 5.93. The number of anilines is 1. The number of aromatic nitrogens is 2. The molecule has 1 fully saturated rings. The minimum atomic E-state index is 0.157. The summed E-state index contributed by atoms with van der Waals surface area (Å²) in [6.07, 6.45) is 3.51. The van der Waals surface area contributed by atoms with Gasteiger partial charge in [-0.2, -0.15) is 4.98 Å². The number of nitrogen functional groups attached to an aromatic ring is 1. The Labute approximate surface area is 109 Å². The molecule has 2 rings (SSSR count). The first-order valence-electron chi connectivity index (χ1n) is 6.78. The highest BCUT2D eigenvalue weighted by atomic mass is 16.5. The molecule has 1 aromatic rings. The van der Waals surface area contributed by atoms with Crippen molar-refractivity contribution in [2.45, 2.75) is 59.0 Å². The number of hydrogen-bond donors (Lipinski definition) is 1. The van der Waals surface area contributed by atoms with Gasteiger partial charge < -0.3 is 10.5 Å². The van der Waals surface area contributed by atoms with Crippen LogP contribution in [0.25, 0.3) is 0 Å². The molecule has 18 heavy (non-hydrogen) atoms. The van der Waals surface area contributed by atoms with Crippen LogP contribution in [0.15, 0.2) is 0 Å². The standard InChI is InChI=1S/C14H23N3O/c1-8(2)7-9(3)18-14-10(4)12(15)16-13(17-14)11-5-6-11/h8-9,11H,5-7H2,1-4H3,(H2,15,16,17). The Balaban J connectivity index is 2.15. The van der Waals surface area contributed by atoms with Crippen LogP contribution in [0.4, 0.5) is 5.82 Å². The van der Waals surface area contributed by atoms with Crippen molar-refractivity contribution in [2.24, 2.45) is 5.92 Å². The van der Waals surface area contributed by atoms with Crippen molar-refractivity contribution < 1.29 is 4.74 Å². The van der Waals surface area contributed by atoms with Crippen LogP contribution in [0, 0.1) is 12.8 Å². The average Bonchev–Trinajstić information content (AvgIpc) is 3.06. The highest BCUT2D eigenvalue weighted by Gasteiger charge is 2.28. The molecule has 1 atom stereocenters. The van der Waals surface area contributed by atoms with Gasteiger partial charge >= 0.3 is 0 Å². The van der Waals surface area contributed by atoms with Crippen LogP contribution >= 0.6 is 0 Å². The zero-order chi connectivity index (χ0) is 13.3. The van der Waals surface area contributed by atoms with Crippen LogP contribution in [0.2, 0.25) is 0 Å². The van der Waals surface area contributed by atoms with Crippen LogP contribution in [-0.2, 0) is 0 Å². The van der Waals surface area contributed by atoms with Crippen molar-refractivity contribution in [2.75, 3.05) is 5.73 Å². The van der Waals surface area contributed by atoms with E-state index in [4.69, 9.17) is 10.5 Å². The van der Waals surface area contributed by atoms with Gasteiger partial charge in [0.1, 0.15) is 11.6 Å². The SMILES string of the molecule is Cc1c(N)nc(C2CC2)nc1OC(C)CC(C)C. The maximum Gasteiger partial charge on any atom is 0.222 e. The fraction of sp³-hybridized carbons (Fsp3) is 0.714. The first kappa shape index (κ1) is 13.1. The van der Waals surface area contributed by atoms with Gasteiger partial charge in [-0.25, -0.2) is 4.98 Å². The minimum absolute atomic E-state index is 0.157. The van der Waals surface area contributed by atoms with E-state index in [-0.39, 0.29) is 6.10 Å². The van der Waals surface area contributed by atoms with Gasteiger partial charge in [-0.15, -0.1) is 0 Å². The van der Waals surface area contributed by atoms with Crippen molar-refractivity contribution in [3.05, 3.63) is 11.4 Å². The van der Waals surface area contributed by atoms with E-state index >= 15 is 0 Å². The molecule has 100 valence electrons. The van der Waals surface area contributed by atoms with Crippen LogP contribution in [0.1, 0.15) is 57.3 Å². The minimum Gasteiger partial charge on any atom is -0.474 e. The summed E-state index contributed by atoms with van der Waals surface area (Å²) in [6, 6.07) is 0. The molecule has 0 saturated heterocycles. The predicted molar refractivity (Wildman–Crippen MR) is 72.7 cm³/mol. The molecule has 0 radical (unpaired) electrons. The summed E-state index contributed by atoms with van der Waals surface area (Å²) in [6.45, 7) is 8.38. The fourth-order valence-electron chi connectivity index (χ4n) is 2.07. The molecule has 1 aliphatic rings. The number of ether oxygens (including phenoxy) is 1. The molecule has 1 aliphatic carbocycles. The lowest BCUT2D eigenvalue weighted by molar-refractivity contribution is 0.183. The van der Waals surface area contributed by atoms with Gasteiger partial charge in [0.2, 0.25) is 5.88 Å². The van der Waals surface area contributed by atoms with E-state index < -0.39 is 0 Å². The van der Waals surface area contributed by atoms with E-state index in [1.54, 1.807) is 0 Å². The molecule has 0 amide bonds. The molecular weight excluding hydrogens is 226 g/mol. The molecule has 0 bridgehead atoms. The van der Waals surface area contributed by atoms with E-state index in [1.807, 2.05) is 6.92 Å². The highest BCUT2D eigenvalue weighted by Crippen LogP contribution is 2.39. The van der Waals surface area contributed by atoms with Crippen molar-refractivity contribution >= 4 is 5.82 Å². The molecule has 1 aromatic heterocycles. The normalized spacial score (nSPS) is 16.9. The number of nitrogens with zero attached hydrogens (tertiary/aromatic N) is 2. The van der Waals surface area contributed by atoms with Crippen LogP contribution < -0.4 is 10.5 Å². The maximum atomic E-state index is 5.93. The van der Waals surface area contributed by atoms with Crippen molar-refractivity contribution in [1.82, 2.24) is 9.97 Å².